The van der Waals surface area contributed by atoms with Crippen LogP contribution >= 0.6 is 0 Å². The van der Waals surface area contributed by atoms with Gasteiger partial charge in [-0.15, -0.1) is 20.2 Å². The van der Waals surface area contributed by atoms with Crippen LogP contribution in [0.15, 0.2) is 22.3 Å². The van der Waals surface area contributed by atoms with Gasteiger partial charge in [0.15, 0.2) is 11.6 Å². The fourth-order valence-electron chi connectivity index (χ4n) is 2.40. The molecule has 0 fully saturated rings. The third kappa shape index (κ3) is 4.86. The minimum absolute atomic E-state index is 0.0643. The Morgan fingerprint density at radius 3 is 2.08 bits per heavy atom. The first-order chi connectivity index (χ1) is 11.1. The van der Waals surface area contributed by atoms with Crippen molar-refractivity contribution in [2.75, 3.05) is 6.61 Å². The summed E-state index contributed by atoms with van der Waals surface area (Å²) in [7, 11) is 0. The van der Waals surface area contributed by atoms with E-state index in [2.05, 4.69) is 9.68 Å². The van der Waals surface area contributed by atoms with Crippen LogP contribution < -0.4 is 0 Å². The summed E-state index contributed by atoms with van der Waals surface area (Å²) in [6.45, 7) is 4.14. The van der Waals surface area contributed by atoms with Crippen molar-refractivity contribution in [3.63, 3.8) is 0 Å². The first kappa shape index (κ1) is 19.3. The Kier molecular flexibility index (Phi) is 6.57. The van der Waals surface area contributed by atoms with Gasteiger partial charge in [-0.2, -0.15) is 0 Å². The highest BCUT2D eigenvalue weighted by Gasteiger charge is 2.27. The molecular formula is C14H18N2O8. The van der Waals surface area contributed by atoms with Crippen molar-refractivity contribution in [1.82, 2.24) is 0 Å². The Hall–Kier alpha value is -2.78. The van der Waals surface area contributed by atoms with Crippen LogP contribution in [0.5, 0.6) is 0 Å². The monoisotopic (exact) mass is 342 g/mol. The van der Waals surface area contributed by atoms with Crippen LogP contribution in [0.25, 0.3) is 0 Å². The first-order valence-electron chi connectivity index (χ1n) is 7.20. The molecule has 0 aromatic carbocycles. The molecule has 0 bridgehead atoms. The molecule has 0 spiro atoms. The molecule has 0 N–H and O–H groups in total. The van der Waals surface area contributed by atoms with Crippen LogP contribution in [0.3, 0.4) is 0 Å². The van der Waals surface area contributed by atoms with Gasteiger partial charge in [0.2, 0.25) is 0 Å². The smallest absolute Gasteiger partial charge is 0.294 e. The lowest BCUT2D eigenvalue weighted by Gasteiger charge is -2.19. The van der Waals surface area contributed by atoms with Gasteiger partial charge in [0.05, 0.1) is 0 Å². The second-order valence-corrected chi connectivity index (χ2v) is 5.37. The quantitative estimate of drug-likeness (QED) is 0.351. The van der Waals surface area contributed by atoms with Crippen LogP contribution in [0.1, 0.15) is 40.0 Å². The van der Waals surface area contributed by atoms with Gasteiger partial charge in [-0.25, -0.2) is 0 Å². The lowest BCUT2D eigenvalue weighted by atomic mass is 9.84. The molecule has 0 aromatic rings. The van der Waals surface area contributed by atoms with E-state index in [1.165, 1.54) is 0 Å². The molecular weight excluding hydrogens is 324 g/mol. The van der Waals surface area contributed by atoms with Crippen LogP contribution in [0, 0.1) is 20.2 Å². The highest BCUT2D eigenvalue weighted by atomic mass is 17.0. The zero-order valence-electron chi connectivity index (χ0n) is 13.6. The first-order valence-corrected chi connectivity index (χ1v) is 7.20. The summed E-state index contributed by atoms with van der Waals surface area (Å²) in [5.41, 5.74) is 1.51. The zero-order chi connectivity index (χ0) is 18.4. The largest absolute Gasteiger partial charge is 0.312 e. The predicted molar refractivity (Wildman–Crippen MR) is 79.8 cm³/mol. The molecule has 1 aliphatic rings. The molecule has 1 atom stereocenters. The average molecular weight is 342 g/mol. The van der Waals surface area contributed by atoms with E-state index < -0.39 is 22.9 Å². The molecule has 0 saturated carbocycles. The van der Waals surface area contributed by atoms with E-state index >= 15 is 0 Å². The molecule has 0 amide bonds. The summed E-state index contributed by atoms with van der Waals surface area (Å²) in [6.07, 6.45) is -0.567. The number of nitrogens with zero attached hydrogens (tertiary/aromatic N) is 2. The molecule has 0 radical (unpaired) electrons. The van der Waals surface area contributed by atoms with Crippen molar-refractivity contribution in [3.05, 3.63) is 42.5 Å². The third-order valence-electron chi connectivity index (χ3n) is 3.86. The highest BCUT2D eigenvalue weighted by molar-refractivity contribution is 6.24. The lowest BCUT2D eigenvalue weighted by molar-refractivity contribution is -0.790. The Morgan fingerprint density at radius 2 is 1.54 bits per heavy atom. The van der Waals surface area contributed by atoms with E-state index in [1.807, 2.05) is 0 Å². The number of ketones is 2. The molecule has 1 aliphatic carbocycles. The molecule has 10 nitrogen and oxygen atoms in total. The normalized spacial score (nSPS) is 16.3. The van der Waals surface area contributed by atoms with Crippen molar-refractivity contribution < 1.29 is 29.4 Å². The second-order valence-electron chi connectivity index (χ2n) is 5.37. The number of rotatable bonds is 9. The maximum atomic E-state index is 12.2. The van der Waals surface area contributed by atoms with E-state index in [0.717, 1.165) is 0 Å². The molecule has 132 valence electrons. The fourth-order valence-corrected chi connectivity index (χ4v) is 2.40. The maximum Gasteiger partial charge on any atom is 0.294 e. The highest BCUT2D eigenvalue weighted by Crippen LogP contribution is 2.27. The van der Waals surface area contributed by atoms with E-state index in [1.54, 1.807) is 20.8 Å². The van der Waals surface area contributed by atoms with Crippen LogP contribution in [-0.2, 0) is 19.3 Å². The van der Waals surface area contributed by atoms with Gasteiger partial charge in [0, 0.05) is 22.3 Å². The molecule has 0 saturated heterocycles. The lowest BCUT2D eigenvalue weighted by Crippen LogP contribution is -2.25. The Balaban J connectivity index is 2.69. The van der Waals surface area contributed by atoms with E-state index in [-0.39, 0.29) is 30.8 Å². The molecule has 0 aliphatic heterocycles. The predicted octanol–water partition coefficient (Wildman–Crippen LogP) is 1.75. The van der Waals surface area contributed by atoms with E-state index in [0.29, 0.717) is 22.3 Å². The molecule has 0 heterocycles. The Labute approximate surface area is 137 Å². The number of hydrogen-bond donors (Lipinski definition) is 0. The summed E-state index contributed by atoms with van der Waals surface area (Å²) >= 11 is 0. The van der Waals surface area contributed by atoms with Crippen molar-refractivity contribution >= 4 is 11.6 Å². The van der Waals surface area contributed by atoms with Crippen LogP contribution in [0.4, 0.5) is 0 Å². The number of carbonyl (C=O) groups is 2. The van der Waals surface area contributed by atoms with Gasteiger partial charge in [0.25, 0.3) is 10.2 Å². The fraction of sp³-hybridized carbons (Fsp3) is 0.571. The molecule has 10 heteroatoms. The third-order valence-corrected chi connectivity index (χ3v) is 3.86. The van der Waals surface area contributed by atoms with E-state index in [4.69, 9.17) is 0 Å². The number of hydrogen-bond acceptors (Lipinski definition) is 8. The van der Waals surface area contributed by atoms with Gasteiger partial charge >= 0.3 is 0 Å². The zero-order valence-corrected chi connectivity index (χ0v) is 13.6. The molecule has 0 aromatic heterocycles. The Bertz CT molecular complexity index is 635. The van der Waals surface area contributed by atoms with Gasteiger partial charge in [-0.1, -0.05) is 0 Å². The minimum Gasteiger partial charge on any atom is -0.312 e. The summed E-state index contributed by atoms with van der Waals surface area (Å²) in [6, 6.07) is 0. The van der Waals surface area contributed by atoms with Gasteiger partial charge in [0.1, 0.15) is 12.7 Å². The van der Waals surface area contributed by atoms with E-state index in [9.17, 15) is 29.8 Å². The van der Waals surface area contributed by atoms with Crippen molar-refractivity contribution in [2.24, 2.45) is 0 Å². The number of carbonyl (C=O) groups excluding carboxylic acids is 2. The van der Waals surface area contributed by atoms with Gasteiger partial charge in [-0.05, 0) is 40.0 Å². The van der Waals surface area contributed by atoms with Crippen molar-refractivity contribution in [1.29, 1.82) is 0 Å². The number of allylic oxidation sites excluding steroid dienone is 4. The molecule has 24 heavy (non-hydrogen) atoms. The topological polar surface area (TPSA) is 139 Å². The minimum atomic E-state index is -1.13. The molecule has 1 rings (SSSR count). The SMILES string of the molecule is CC1=C(C)C(=O)C(CCCC(CO[N+](=O)[O-])O[N+](=O)[O-])=C(C)C1=O. The summed E-state index contributed by atoms with van der Waals surface area (Å²) in [5.74, 6) is -0.422. The molecule has 1 unspecified atom stereocenters. The standard InChI is InChI=1S/C14H18N2O8/c1-8-9(2)14(18)12(10(3)13(8)17)6-4-5-11(24-16(21)22)7-23-15(19)20/h11H,4-7H2,1-3H3. The van der Waals surface area contributed by atoms with Crippen molar-refractivity contribution in [3.8, 4) is 0 Å². The summed E-state index contributed by atoms with van der Waals surface area (Å²) < 4.78 is 0. The van der Waals surface area contributed by atoms with Crippen molar-refractivity contribution in [2.45, 2.75) is 46.1 Å². The van der Waals surface area contributed by atoms with Crippen LogP contribution in [0.2, 0.25) is 0 Å². The summed E-state index contributed by atoms with van der Waals surface area (Å²) in [5, 5.41) is 18.4. The second kappa shape index (κ2) is 8.18. The maximum absolute atomic E-state index is 12.2. The average Bonchev–Trinajstić information content (AvgIpc) is 2.51. The van der Waals surface area contributed by atoms with Crippen LogP contribution in [-0.4, -0.2) is 34.5 Å². The van der Waals surface area contributed by atoms with Gasteiger partial charge in [-0.3, -0.25) is 9.59 Å². The van der Waals surface area contributed by atoms with Gasteiger partial charge < -0.3 is 9.68 Å². The Morgan fingerprint density at radius 1 is 0.958 bits per heavy atom. The summed E-state index contributed by atoms with van der Waals surface area (Å²) in [4.78, 5) is 53.2. The number of Topliss-reactive ketones (excluding diaryl/α,β-unsaturated/α-hetero) is 2.